The van der Waals surface area contributed by atoms with Gasteiger partial charge in [-0.25, -0.2) is 0 Å². The molecule has 1 N–H and O–H groups in total. The molecule has 1 rings (SSSR count). The van der Waals surface area contributed by atoms with Crippen LogP contribution < -0.4 is 5.32 Å². The third-order valence-electron chi connectivity index (χ3n) is 2.73. The summed E-state index contributed by atoms with van der Waals surface area (Å²) in [6.45, 7) is 10.4. The number of hydrogen-bond acceptors (Lipinski definition) is 1. The molecule has 0 aliphatic carbocycles. The topological polar surface area (TPSA) is 12.0 Å². The van der Waals surface area contributed by atoms with Gasteiger partial charge in [-0.05, 0) is 31.7 Å². The molecule has 1 aromatic carbocycles. The zero-order valence-corrected chi connectivity index (χ0v) is 9.96. The van der Waals surface area contributed by atoms with E-state index < -0.39 is 0 Å². The van der Waals surface area contributed by atoms with E-state index in [1.807, 2.05) is 6.92 Å². The first-order valence-electron chi connectivity index (χ1n) is 5.55. The molecular formula is C14H21N. The van der Waals surface area contributed by atoms with E-state index in [4.69, 9.17) is 0 Å². The van der Waals surface area contributed by atoms with Crippen LogP contribution in [0.2, 0.25) is 0 Å². The summed E-state index contributed by atoms with van der Waals surface area (Å²) in [4.78, 5) is 0. The molecule has 0 saturated heterocycles. The van der Waals surface area contributed by atoms with Crippen LogP contribution in [-0.4, -0.2) is 6.04 Å². The van der Waals surface area contributed by atoms with Crippen molar-refractivity contribution in [2.75, 3.05) is 0 Å². The summed E-state index contributed by atoms with van der Waals surface area (Å²) < 4.78 is 0. The fourth-order valence-corrected chi connectivity index (χ4v) is 1.69. The smallest absolute Gasteiger partial charge is 0.0258 e. The highest BCUT2D eigenvalue weighted by Crippen LogP contribution is 2.12. The molecule has 1 unspecified atom stereocenters. The molecule has 1 heteroatoms. The van der Waals surface area contributed by atoms with Crippen LogP contribution in [-0.2, 0) is 6.42 Å². The molecule has 0 fully saturated rings. The van der Waals surface area contributed by atoms with Crippen LogP contribution in [0.4, 0.5) is 0 Å². The van der Waals surface area contributed by atoms with Crippen molar-refractivity contribution in [3.8, 4) is 0 Å². The number of nitrogens with one attached hydrogen (secondary N) is 1. The van der Waals surface area contributed by atoms with Crippen molar-refractivity contribution in [3.63, 3.8) is 0 Å². The third kappa shape index (κ3) is 4.20. The molecule has 82 valence electrons. The highest BCUT2D eigenvalue weighted by atomic mass is 14.9. The van der Waals surface area contributed by atoms with E-state index in [0.717, 1.165) is 12.1 Å². The molecule has 2 atom stereocenters. The predicted octanol–water partition coefficient (Wildman–Crippen LogP) is 3.38. The largest absolute Gasteiger partial charge is 0.386 e. The Kier molecular flexibility index (Phi) is 4.41. The van der Waals surface area contributed by atoms with Crippen LogP contribution in [0.25, 0.3) is 0 Å². The maximum absolute atomic E-state index is 3.87. The molecule has 0 aliphatic heterocycles. The van der Waals surface area contributed by atoms with E-state index in [9.17, 15) is 0 Å². The maximum Gasteiger partial charge on any atom is 0.0258 e. The quantitative estimate of drug-likeness (QED) is 0.773. The number of allylic oxidation sites excluding steroid dienone is 1. The van der Waals surface area contributed by atoms with E-state index in [1.54, 1.807) is 0 Å². The van der Waals surface area contributed by atoms with Gasteiger partial charge in [0.25, 0.3) is 0 Å². The minimum atomic E-state index is 0.475. The maximum atomic E-state index is 3.87. The number of rotatable bonds is 5. The summed E-state index contributed by atoms with van der Waals surface area (Å²) in [6.07, 6.45) is 1.11. The van der Waals surface area contributed by atoms with Gasteiger partial charge in [0.15, 0.2) is 0 Å². The standard InChI is InChI=1S/C14H21N/c1-11(2)15-13(4)12(3)10-14-8-6-5-7-9-14/h5-9,12-13,15H,1,10H2,2-4H3/t12?,13-/m0/s1. The fourth-order valence-electron chi connectivity index (χ4n) is 1.69. The normalized spacial score (nSPS) is 14.3. The minimum Gasteiger partial charge on any atom is -0.386 e. The van der Waals surface area contributed by atoms with Crippen molar-refractivity contribution in [1.29, 1.82) is 0 Å². The van der Waals surface area contributed by atoms with Gasteiger partial charge in [-0.2, -0.15) is 0 Å². The Bertz CT molecular complexity index is 302. The van der Waals surface area contributed by atoms with E-state index in [1.165, 1.54) is 5.56 Å². The molecule has 0 radical (unpaired) electrons. The van der Waals surface area contributed by atoms with Crippen LogP contribution in [0.15, 0.2) is 42.6 Å². The van der Waals surface area contributed by atoms with E-state index in [-0.39, 0.29) is 0 Å². The van der Waals surface area contributed by atoms with Crippen LogP contribution in [0.1, 0.15) is 26.3 Å². The van der Waals surface area contributed by atoms with Gasteiger partial charge >= 0.3 is 0 Å². The molecule has 0 saturated carbocycles. The highest BCUT2D eigenvalue weighted by molar-refractivity contribution is 5.15. The summed E-state index contributed by atoms with van der Waals surface area (Å²) in [5.74, 6) is 0.615. The molecule has 0 heterocycles. The lowest BCUT2D eigenvalue weighted by Crippen LogP contribution is -2.31. The average molecular weight is 203 g/mol. The first kappa shape index (κ1) is 11.8. The van der Waals surface area contributed by atoms with Gasteiger partial charge in [-0.1, -0.05) is 43.8 Å². The van der Waals surface area contributed by atoms with Gasteiger partial charge in [0.1, 0.15) is 0 Å². The molecule has 15 heavy (non-hydrogen) atoms. The molecular weight excluding hydrogens is 182 g/mol. The average Bonchev–Trinajstić information content (AvgIpc) is 2.18. The highest BCUT2D eigenvalue weighted by Gasteiger charge is 2.11. The molecule has 0 amide bonds. The van der Waals surface area contributed by atoms with E-state index >= 15 is 0 Å². The van der Waals surface area contributed by atoms with Gasteiger partial charge in [-0.3, -0.25) is 0 Å². The Labute approximate surface area is 93.2 Å². The van der Waals surface area contributed by atoms with Crippen molar-refractivity contribution in [1.82, 2.24) is 5.32 Å². The molecule has 1 aromatic rings. The monoisotopic (exact) mass is 203 g/mol. The lowest BCUT2D eigenvalue weighted by Gasteiger charge is -2.22. The summed E-state index contributed by atoms with van der Waals surface area (Å²) >= 11 is 0. The van der Waals surface area contributed by atoms with Gasteiger partial charge < -0.3 is 5.32 Å². The minimum absolute atomic E-state index is 0.475. The second-order valence-corrected chi connectivity index (χ2v) is 4.38. The van der Waals surface area contributed by atoms with Crippen molar-refractivity contribution in [2.24, 2.45) is 5.92 Å². The van der Waals surface area contributed by atoms with Crippen LogP contribution in [0.5, 0.6) is 0 Å². The Hall–Kier alpha value is -1.24. The van der Waals surface area contributed by atoms with E-state index in [2.05, 4.69) is 56.1 Å². The second-order valence-electron chi connectivity index (χ2n) is 4.38. The Morgan fingerprint density at radius 2 is 1.87 bits per heavy atom. The summed E-state index contributed by atoms with van der Waals surface area (Å²) in [5, 5.41) is 3.37. The van der Waals surface area contributed by atoms with Gasteiger partial charge in [0.05, 0.1) is 0 Å². The van der Waals surface area contributed by atoms with Crippen molar-refractivity contribution < 1.29 is 0 Å². The van der Waals surface area contributed by atoms with Gasteiger partial charge in [0, 0.05) is 11.7 Å². The lowest BCUT2D eigenvalue weighted by molar-refractivity contribution is 0.427. The Morgan fingerprint density at radius 1 is 1.27 bits per heavy atom. The molecule has 1 nitrogen and oxygen atoms in total. The number of hydrogen-bond donors (Lipinski definition) is 1. The first-order chi connectivity index (χ1) is 7.09. The van der Waals surface area contributed by atoms with Gasteiger partial charge in [-0.15, -0.1) is 0 Å². The van der Waals surface area contributed by atoms with Crippen LogP contribution >= 0.6 is 0 Å². The summed E-state index contributed by atoms with van der Waals surface area (Å²) in [7, 11) is 0. The van der Waals surface area contributed by atoms with Crippen molar-refractivity contribution in [2.45, 2.75) is 33.2 Å². The summed E-state index contributed by atoms with van der Waals surface area (Å²) in [5.41, 5.74) is 2.45. The second kappa shape index (κ2) is 5.59. The third-order valence-corrected chi connectivity index (χ3v) is 2.73. The Balaban J connectivity index is 2.48. The SMILES string of the molecule is C=C(C)N[C@@H](C)C(C)Cc1ccccc1. The zero-order chi connectivity index (χ0) is 11.3. The van der Waals surface area contributed by atoms with Crippen LogP contribution in [0.3, 0.4) is 0 Å². The summed E-state index contributed by atoms with van der Waals surface area (Å²) in [6, 6.07) is 11.1. The lowest BCUT2D eigenvalue weighted by atomic mass is 9.95. The predicted molar refractivity (Wildman–Crippen MR) is 66.7 cm³/mol. The Morgan fingerprint density at radius 3 is 2.40 bits per heavy atom. The molecule has 0 spiro atoms. The number of benzene rings is 1. The zero-order valence-electron chi connectivity index (χ0n) is 9.96. The van der Waals surface area contributed by atoms with Gasteiger partial charge in [0.2, 0.25) is 0 Å². The first-order valence-corrected chi connectivity index (χ1v) is 5.55. The molecule has 0 aromatic heterocycles. The van der Waals surface area contributed by atoms with Crippen LogP contribution in [0, 0.1) is 5.92 Å². The van der Waals surface area contributed by atoms with E-state index in [0.29, 0.717) is 12.0 Å². The molecule has 0 bridgehead atoms. The van der Waals surface area contributed by atoms with Crippen molar-refractivity contribution >= 4 is 0 Å². The molecule has 0 aliphatic rings. The fraction of sp³-hybridized carbons (Fsp3) is 0.429. The van der Waals surface area contributed by atoms with Crippen molar-refractivity contribution in [3.05, 3.63) is 48.2 Å².